The van der Waals surface area contributed by atoms with E-state index in [1.54, 1.807) is 23.9 Å². The molecule has 0 saturated carbocycles. The fraction of sp³-hybridized carbons (Fsp3) is 0.107. The van der Waals surface area contributed by atoms with Crippen LogP contribution < -0.4 is 0 Å². The van der Waals surface area contributed by atoms with Crippen LogP contribution in [0.25, 0.3) is 55.1 Å². The number of benzene rings is 5. The Morgan fingerprint density at radius 2 is 1.33 bits per heavy atom. The van der Waals surface area contributed by atoms with Crippen molar-refractivity contribution in [1.82, 2.24) is 15.0 Å². The molecule has 5 aromatic carbocycles. The summed E-state index contributed by atoms with van der Waals surface area (Å²) >= 11 is 1.61. The van der Waals surface area contributed by atoms with Crippen molar-refractivity contribution >= 4 is 44.1 Å². The molecule has 6 rings (SSSR count). The van der Waals surface area contributed by atoms with Gasteiger partial charge in [-0.05, 0) is 56.9 Å². The second-order valence-corrected chi connectivity index (χ2v) is 9.16. The third-order valence-electron chi connectivity index (χ3n) is 5.96. The number of thioether (sulfide) groups is 1. The molecule has 0 spiro atoms. The van der Waals surface area contributed by atoms with Gasteiger partial charge < -0.3 is 5.11 Å². The van der Waals surface area contributed by atoms with Crippen molar-refractivity contribution in [2.75, 3.05) is 5.75 Å². The van der Waals surface area contributed by atoms with Gasteiger partial charge in [0.05, 0.1) is 5.56 Å². The maximum atomic E-state index is 10.4. The quantitative estimate of drug-likeness (QED) is 0.222. The van der Waals surface area contributed by atoms with Gasteiger partial charge in [0.2, 0.25) is 0 Å². The van der Waals surface area contributed by atoms with Crippen LogP contribution in [0.1, 0.15) is 13.3 Å². The van der Waals surface area contributed by atoms with Crippen LogP contribution >= 0.6 is 11.8 Å². The van der Waals surface area contributed by atoms with Crippen molar-refractivity contribution in [3.05, 3.63) is 78.9 Å². The molecule has 0 aliphatic rings. The second-order valence-electron chi connectivity index (χ2n) is 8.10. The van der Waals surface area contributed by atoms with Gasteiger partial charge in [0.25, 0.3) is 0 Å². The molecular formula is C28H21N3OS. The van der Waals surface area contributed by atoms with Crippen molar-refractivity contribution in [2.45, 2.75) is 18.5 Å². The average Bonchev–Trinajstić information content (AvgIpc) is 2.86. The van der Waals surface area contributed by atoms with E-state index in [1.165, 1.54) is 26.9 Å². The lowest BCUT2D eigenvalue weighted by Crippen LogP contribution is -2.00. The zero-order valence-corrected chi connectivity index (χ0v) is 18.9. The molecule has 0 saturated heterocycles. The van der Waals surface area contributed by atoms with Gasteiger partial charge in [-0.3, -0.25) is 0 Å². The molecule has 0 fully saturated rings. The van der Waals surface area contributed by atoms with Crippen LogP contribution in [0.15, 0.2) is 84.0 Å². The van der Waals surface area contributed by atoms with Gasteiger partial charge >= 0.3 is 0 Å². The third kappa shape index (κ3) is 3.36. The Labute approximate surface area is 195 Å². The predicted octanol–water partition coefficient (Wildman–Crippen LogP) is 7.31. The highest BCUT2D eigenvalue weighted by molar-refractivity contribution is 7.99. The molecule has 160 valence electrons. The fourth-order valence-corrected chi connectivity index (χ4v) is 5.14. The first-order valence-electron chi connectivity index (χ1n) is 11.1. The normalized spacial score (nSPS) is 11.7. The molecule has 1 aromatic heterocycles. The Kier molecular flexibility index (Phi) is 4.84. The molecule has 0 unspecified atom stereocenters. The lowest BCUT2D eigenvalue weighted by atomic mass is 9.92. The molecular weight excluding hydrogens is 426 g/mol. The van der Waals surface area contributed by atoms with E-state index in [9.17, 15) is 5.11 Å². The summed E-state index contributed by atoms with van der Waals surface area (Å²) in [6.45, 7) is 2.14. The van der Waals surface area contributed by atoms with Crippen molar-refractivity contribution in [3.63, 3.8) is 0 Å². The van der Waals surface area contributed by atoms with Gasteiger partial charge in [-0.1, -0.05) is 79.3 Å². The summed E-state index contributed by atoms with van der Waals surface area (Å²) in [6, 6.07) is 26.5. The van der Waals surface area contributed by atoms with Gasteiger partial charge in [-0.25, -0.2) is 15.0 Å². The summed E-state index contributed by atoms with van der Waals surface area (Å²) in [5, 5.41) is 18.4. The van der Waals surface area contributed by atoms with E-state index in [0.717, 1.165) is 23.1 Å². The minimum atomic E-state index is 0.163. The summed E-state index contributed by atoms with van der Waals surface area (Å²) in [5.41, 5.74) is 1.58. The van der Waals surface area contributed by atoms with Gasteiger partial charge in [0, 0.05) is 11.3 Å². The fourth-order valence-electron chi connectivity index (χ4n) is 4.45. The number of aromatic nitrogens is 3. The van der Waals surface area contributed by atoms with Gasteiger partial charge in [-0.2, -0.15) is 0 Å². The van der Waals surface area contributed by atoms with E-state index in [4.69, 9.17) is 9.97 Å². The minimum Gasteiger partial charge on any atom is -0.507 e. The Morgan fingerprint density at radius 3 is 2.09 bits per heavy atom. The van der Waals surface area contributed by atoms with Crippen LogP contribution in [-0.4, -0.2) is 25.8 Å². The van der Waals surface area contributed by atoms with Crippen molar-refractivity contribution in [2.24, 2.45) is 0 Å². The number of hydrogen-bond donors (Lipinski definition) is 1. The third-order valence-corrected chi connectivity index (χ3v) is 7.02. The SMILES string of the molecule is CCCSc1nc(-c2ccccc2O)nc(-c2ccc3ccc4cccc5ccc2c3c45)n1. The topological polar surface area (TPSA) is 58.9 Å². The van der Waals surface area contributed by atoms with Crippen LogP contribution in [0.5, 0.6) is 5.75 Å². The van der Waals surface area contributed by atoms with E-state index >= 15 is 0 Å². The first kappa shape index (κ1) is 19.9. The molecule has 0 bridgehead atoms. The number of para-hydroxylation sites is 1. The smallest absolute Gasteiger partial charge is 0.191 e. The van der Waals surface area contributed by atoms with Crippen molar-refractivity contribution < 1.29 is 5.11 Å². The lowest BCUT2D eigenvalue weighted by Gasteiger charge is -2.14. The Balaban J connectivity index is 1.63. The number of nitrogens with zero attached hydrogens (tertiary/aromatic N) is 3. The number of phenols is 1. The minimum absolute atomic E-state index is 0.163. The zero-order chi connectivity index (χ0) is 22.4. The molecule has 1 heterocycles. The average molecular weight is 448 g/mol. The molecule has 5 heteroatoms. The summed E-state index contributed by atoms with van der Waals surface area (Å²) in [6.07, 6.45) is 1.02. The maximum Gasteiger partial charge on any atom is 0.191 e. The monoisotopic (exact) mass is 447 g/mol. The van der Waals surface area contributed by atoms with Crippen LogP contribution in [0.4, 0.5) is 0 Å². The van der Waals surface area contributed by atoms with Crippen LogP contribution in [0.3, 0.4) is 0 Å². The number of phenolic OH excluding ortho intramolecular Hbond substituents is 1. The highest BCUT2D eigenvalue weighted by Crippen LogP contribution is 2.39. The molecule has 6 aromatic rings. The number of aromatic hydroxyl groups is 1. The predicted molar refractivity (Wildman–Crippen MR) is 137 cm³/mol. The molecule has 0 atom stereocenters. The van der Waals surface area contributed by atoms with E-state index in [0.29, 0.717) is 22.4 Å². The molecule has 1 N–H and O–H groups in total. The standard InChI is InChI=1S/C28H21N3OS/c1-2-16-33-28-30-26(29-27(31-28)22-8-3-4-9-23(22)32)21-15-13-19-11-10-17-6-5-7-18-12-14-20(21)25(19)24(17)18/h3-15,32H,2,16H2,1H3. The number of hydrogen-bond acceptors (Lipinski definition) is 5. The Hall–Kier alpha value is -3.70. The summed E-state index contributed by atoms with van der Waals surface area (Å²) in [5.74, 6) is 2.20. The molecule has 0 amide bonds. The molecule has 0 aliphatic carbocycles. The first-order chi connectivity index (χ1) is 16.2. The van der Waals surface area contributed by atoms with Crippen molar-refractivity contribution in [1.29, 1.82) is 0 Å². The summed E-state index contributed by atoms with van der Waals surface area (Å²) in [7, 11) is 0. The summed E-state index contributed by atoms with van der Waals surface area (Å²) < 4.78 is 0. The second kappa shape index (κ2) is 8.01. The van der Waals surface area contributed by atoms with E-state index < -0.39 is 0 Å². The number of rotatable bonds is 5. The van der Waals surface area contributed by atoms with E-state index in [1.807, 2.05) is 12.1 Å². The Morgan fingerprint density at radius 1 is 0.667 bits per heavy atom. The highest BCUT2D eigenvalue weighted by Gasteiger charge is 2.17. The molecule has 33 heavy (non-hydrogen) atoms. The maximum absolute atomic E-state index is 10.4. The zero-order valence-electron chi connectivity index (χ0n) is 18.1. The lowest BCUT2D eigenvalue weighted by molar-refractivity contribution is 0.477. The van der Waals surface area contributed by atoms with Crippen LogP contribution in [0, 0.1) is 0 Å². The van der Waals surface area contributed by atoms with E-state index in [-0.39, 0.29) is 5.75 Å². The molecule has 4 nitrogen and oxygen atoms in total. The van der Waals surface area contributed by atoms with Crippen molar-refractivity contribution in [3.8, 4) is 28.5 Å². The molecule has 0 radical (unpaired) electrons. The summed E-state index contributed by atoms with van der Waals surface area (Å²) in [4.78, 5) is 14.3. The first-order valence-corrected chi connectivity index (χ1v) is 12.1. The van der Waals surface area contributed by atoms with Gasteiger partial charge in [0.1, 0.15) is 5.75 Å². The van der Waals surface area contributed by atoms with Crippen LogP contribution in [0.2, 0.25) is 0 Å². The van der Waals surface area contributed by atoms with E-state index in [2.05, 4.69) is 66.5 Å². The Bertz CT molecular complexity index is 1610. The largest absolute Gasteiger partial charge is 0.507 e. The highest BCUT2D eigenvalue weighted by atomic mass is 32.2. The van der Waals surface area contributed by atoms with Gasteiger partial charge in [-0.15, -0.1) is 0 Å². The van der Waals surface area contributed by atoms with Crippen LogP contribution in [-0.2, 0) is 0 Å². The molecule has 0 aliphatic heterocycles. The van der Waals surface area contributed by atoms with Gasteiger partial charge in [0.15, 0.2) is 16.8 Å².